The van der Waals surface area contributed by atoms with Gasteiger partial charge < -0.3 is 10.4 Å². The van der Waals surface area contributed by atoms with Crippen molar-refractivity contribution < 1.29 is 9.90 Å². The molecule has 0 radical (unpaired) electrons. The fourth-order valence-electron chi connectivity index (χ4n) is 3.78. The quantitative estimate of drug-likeness (QED) is 0.478. The second kappa shape index (κ2) is 7.80. The maximum atomic E-state index is 13.1. The monoisotopic (exact) mass is 381 g/mol. The van der Waals surface area contributed by atoms with Crippen molar-refractivity contribution in [2.45, 2.75) is 19.9 Å². The molecule has 29 heavy (non-hydrogen) atoms. The van der Waals surface area contributed by atoms with Crippen LogP contribution in [0.2, 0.25) is 0 Å². The van der Waals surface area contributed by atoms with Gasteiger partial charge in [0.25, 0.3) is 5.91 Å². The molecule has 0 spiro atoms. The van der Waals surface area contributed by atoms with E-state index in [1.54, 1.807) is 18.2 Å². The van der Waals surface area contributed by atoms with E-state index in [0.29, 0.717) is 11.1 Å². The van der Waals surface area contributed by atoms with Gasteiger partial charge >= 0.3 is 0 Å². The van der Waals surface area contributed by atoms with Gasteiger partial charge in [-0.15, -0.1) is 0 Å². The highest BCUT2D eigenvalue weighted by molar-refractivity contribution is 5.96. The van der Waals surface area contributed by atoms with Gasteiger partial charge in [0.1, 0.15) is 5.75 Å². The van der Waals surface area contributed by atoms with Gasteiger partial charge in [-0.25, -0.2) is 0 Å². The standard InChI is InChI=1S/C26H23NO2/c1-17-9-8-14-21(18(17)2)25(27-26(29)20-11-4-3-5-12-20)24-22-13-7-6-10-19(22)15-16-23(24)28/h3-16,25,28H,1-2H3,(H,27,29). The van der Waals surface area contributed by atoms with E-state index in [4.69, 9.17) is 0 Å². The Labute approximate surface area is 170 Å². The third-order valence-electron chi connectivity index (χ3n) is 5.51. The van der Waals surface area contributed by atoms with Crippen LogP contribution in [0.5, 0.6) is 5.75 Å². The molecule has 3 heteroatoms. The van der Waals surface area contributed by atoms with Crippen molar-refractivity contribution in [2.75, 3.05) is 0 Å². The summed E-state index contributed by atoms with van der Waals surface area (Å²) in [5.74, 6) is -0.00759. The van der Waals surface area contributed by atoms with E-state index in [2.05, 4.69) is 25.2 Å². The lowest BCUT2D eigenvalue weighted by atomic mass is 9.89. The largest absolute Gasteiger partial charge is 0.508 e. The van der Waals surface area contributed by atoms with Crippen LogP contribution in [0.3, 0.4) is 0 Å². The Morgan fingerprint density at radius 1 is 0.828 bits per heavy atom. The normalized spacial score (nSPS) is 11.9. The molecule has 144 valence electrons. The van der Waals surface area contributed by atoms with Crippen molar-refractivity contribution >= 4 is 16.7 Å². The van der Waals surface area contributed by atoms with Crippen LogP contribution in [-0.2, 0) is 0 Å². The summed E-state index contributed by atoms with van der Waals surface area (Å²) >= 11 is 0. The van der Waals surface area contributed by atoms with Gasteiger partial charge in [0.05, 0.1) is 6.04 Å². The van der Waals surface area contributed by atoms with E-state index in [1.807, 2.05) is 60.7 Å². The fraction of sp³-hybridized carbons (Fsp3) is 0.115. The summed E-state index contributed by atoms with van der Waals surface area (Å²) in [4.78, 5) is 13.1. The van der Waals surface area contributed by atoms with Crippen LogP contribution in [0.15, 0.2) is 84.9 Å². The minimum absolute atomic E-state index is 0.169. The predicted molar refractivity (Wildman–Crippen MR) is 117 cm³/mol. The number of nitrogens with one attached hydrogen (secondary N) is 1. The van der Waals surface area contributed by atoms with E-state index in [1.165, 1.54) is 0 Å². The van der Waals surface area contributed by atoms with Crippen molar-refractivity contribution in [1.29, 1.82) is 0 Å². The highest BCUT2D eigenvalue weighted by Gasteiger charge is 2.24. The smallest absolute Gasteiger partial charge is 0.252 e. The second-order valence-electron chi connectivity index (χ2n) is 7.28. The van der Waals surface area contributed by atoms with Crippen LogP contribution in [0, 0.1) is 13.8 Å². The number of fused-ring (bicyclic) bond motifs is 1. The highest BCUT2D eigenvalue weighted by Crippen LogP contribution is 2.37. The maximum absolute atomic E-state index is 13.1. The zero-order valence-electron chi connectivity index (χ0n) is 16.5. The van der Waals surface area contributed by atoms with Crippen molar-refractivity contribution in [3.8, 4) is 5.75 Å². The molecule has 4 aromatic carbocycles. The van der Waals surface area contributed by atoms with E-state index in [-0.39, 0.29) is 11.7 Å². The molecule has 2 N–H and O–H groups in total. The van der Waals surface area contributed by atoms with Crippen LogP contribution >= 0.6 is 0 Å². The number of carbonyl (C=O) groups is 1. The van der Waals surface area contributed by atoms with Gasteiger partial charge in [-0.1, -0.05) is 66.7 Å². The molecule has 0 aliphatic carbocycles. The van der Waals surface area contributed by atoms with Crippen molar-refractivity contribution in [2.24, 2.45) is 0 Å². The molecule has 0 heterocycles. The summed E-state index contributed by atoms with van der Waals surface area (Å²) < 4.78 is 0. The molecule has 0 aliphatic heterocycles. The van der Waals surface area contributed by atoms with Gasteiger partial charge in [-0.3, -0.25) is 4.79 Å². The first-order chi connectivity index (χ1) is 14.1. The number of carbonyl (C=O) groups excluding carboxylic acids is 1. The number of phenols is 1. The summed E-state index contributed by atoms with van der Waals surface area (Å²) in [7, 11) is 0. The first kappa shape index (κ1) is 18.8. The molecule has 1 atom stereocenters. The molecule has 0 aromatic heterocycles. The molecule has 1 unspecified atom stereocenters. The van der Waals surface area contributed by atoms with Crippen LogP contribution in [0.4, 0.5) is 0 Å². The third-order valence-corrected chi connectivity index (χ3v) is 5.51. The van der Waals surface area contributed by atoms with E-state index in [0.717, 1.165) is 27.5 Å². The maximum Gasteiger partial charge on any atom is 0.252 e. The van der Waals surface area contributed by atoms with Crippen LogP contribution in [-0.4, -0.2) is 11.0 Å². The summed E-state index contributed by atoms with van der Waals surface area (Å²) in [6.07, 6.45) is 0. The topological polar surface area (TPSA) is 49.3 Å². The van der Waals surface area contributed by atoms with Crippen LogP contribution in [0.25, 0.3) is 10.8 Å². The van der Waals surface area contributed by atoms with E-state index in [9.17, 15) is 9.90 Å². The van der Waals surface area contributed by atoms with Crippen molar-refractivity contribution in [3.05, 3.63) is 113 Å². The number of phenolic OH excluding ortho intramolecular Hbond substituents is 1. The molecule has 0 bridgehead atoms. The highest BCUT2D eigenvalue weighted by atomic mass is 16.3. The lowest BCUT2D eigenvalue weighted by Crippen LogP contribution is -2.30. The lowest BCUT2D eigenvalue weighted by Gasteiger charge is -2.25. The zero-order chi connectivity index (χ0) is 20.4. The zero-order valence-corrected chi connectivity index (χ0v) is 16.5. The van der Waals surface area contributed by atoms with Gasteiger partial charge in [-0.05, 0) is 59.5 Å². The minimum Gasteiger partial charge on any atom is -0.508 e. The second-order valence-corrected chi connectivity index (χ2v) is 7.28. The average molecular weight is 381 g/mol. The SMILES string of the molecule is Cc1cccc(C(NC(=O)c2ccccc2)c2c(O)ccc3ccccc23)c1C. The minimum atomic E-state index is -0.478. The number of benzene rings is 4. The van der Waals surface area contributed by atoms with E-state index >= 15 is 0 Å². The van der Waals surface area contributed by atoms with E-state index < -0.39 is 6.04 Å². The van der Waals surface area contributed by atoms with Gasteiger partial charge in [0, 0.05) is 11.1 Å². The van der Waals surface area contributed by atoms with Crippen LogP contribution in [0.1, 0.15) is 38.7 Å². The summed E-state index contributed by atoms with van der Waals surface area (Å²) in [6.45, 7) is 4.10. The first-order valence-corrected chi connectivity index (χ1v) is 9.69. The summed E-state index contributed by atoms with van der Waals surface area (Å²) in [6, 6.07) is 26.2. The molecule has 0 aliphatic rings. The molecule has 4 rings (SSSR count). The molecule has 1 amide bonds. The Morgan fingerprint density at radius 3 is 2.34 bits per heavy atom. The molecule has 0 fully saturated rings. The molecule has 0 saturated carbocycles. The number of aromatic hydroxyl groups is 1. The van der Waals surface area contributed by atoms with Crippen molar-refractivity contribution in [1.82, 2.24) is 5.32 Å². The van der Waals surface area contributed by atoms with Gasteiger partial charge in [0.15, 0.2) is 0 Å². The Bertz CT molecular complexity index is 1180. The molecular formula is C26H23NO2. The number of amides is 1. The van der Waals surface area contributed by atoms with Crippen molar-refractivity contribution in [3.63, 3.8) is 0 Å². The average Bonchev–Trinajstić information content (AvgIpc) is 2.75. The first-order valence-electron chi connectivity index (χ1n) is 9.69. The lowest BCUT2D eigenvalue weighted by molar-refractivity contribution is 0.0943. The Balaban J connectivity index is 1.91. The Morgan fingerprint density at radius 2 is 1.55 bits per heavy atom. The predicted octanol–water partition coefficient (Wildman–Crippen LogP) is 5.68. The summed E-state index contributed by atoms with van der Waals surface area (Å²) in [5.41, 5.74) is 4.50. The number of hydrogen-bond donors (Lipinski definition) is 2. The number of hydrogen-bond acceptors (Lipinski definition) is 2. The Hall–Kier alpha value is -3.59. The van der Waals surface area contributed by atoms with Gasteiger partial charge in [0.2, 0.25) is 0 Å². The molecule has 0 saturated heterocycles. The number of rotatable bonds is 4. The Kier molecular flexibility index (Phi) is 5.05. The van der Waals surface area contributed by atoms with Gasteiger partial charge in [-0.2, -0.15) is 0 Å². The molecule has 3 nitrogen and oxygen atoms in total. The summed E-state index contributed by atoms with van der Waals surface area (Å²) in [5, 5.41) is 15.9. The molecular weight excluding hydrogens is 358 g/mol. The van der Waals surface area contributed by atoms with Crippen LogP contribution < -0.4 is 5.32 Å². The molecule has 4 aromatic rings. The third kappa shape index (κ3) is 3.59. The number of aryl methyl sites for hydroxylation is 1. The fourth-order valence-corrected chi connectivity index (χ4v) is 3.78.